The van der Waals surface area contributed by atoms with Crippen molar-refractivity contribution in [1.82, 2.24) is 20.3 Å². The van der Waals surface area contributed by atoms with E-state index >= 15 is 0 Å². The molecule has 0 bridgehead atoms. The smallest absolute Gasteiger partial charge is 0.136 e. The van der Waals surface area contributed by atoms with E-state index in [0.717, 1.165) is 18.0 Å². The normalized spacial score (nSPS) is 11.2. The molecule has 1 N–H and O–H groups in total. The highest BCUT2D eigenvalue weighted by atomic mass is 32.2. The number of nitrogens with one attached hydrogen (secondary N) is 1. The van der Waals surface area contributed by atoms with E-state index in [1.54, 1.807) is 16.8 Å². The van der Waals surface area contributed by atoms with Crippen LogP contribution in [0.25, 0.3) is 0 Å². The summed E-state index contributed by atoms with van der Waals surface area (Å²) in [5, 5.41) is 11.5. The standard InChI is InChI=1S/C14H19FN4S/c1-11(2)16-9-12-10-19(18-17-12)7-8-20-14-6-4-3-5-13(14)15/h3-6,10-11,16H,7-9H2,1-2H3. The van der Waals surface area contributed by atoms with Gasteiger partial charge in [-0.1, -0.05) is 31.2 Å². The Morgan fingerprint density at radius 1 is 1.35 bits per heavy atom. The second-order valence-electron chi connectivity index (χ2n) is 4.79. The molecule has 0 saturated carbocycles. The number of nitrogens with zero attached hydrogens (tertiary/aromatic N) is 3. The molecule has 0 saturated heterocycles. The third-order valence-corrected chi connectivity index (χ3v) is 3.72. The average Bonchev–Trinajstić information content (AvgIpc) is 2.87. The molecule has 0 aliphatic carbocycles. The molecule has 0 aliphatic heterocycles. The van der Waals surface area contributed by atoms with E-state index in [1.807, 2.05) is 12.3 Å². The minimum atomic E-state index is -0.169. The van der Waals surface area contributed by atoms with Crippen LogP contribution in [-0.4, -0.2) is 26.8 Å². The van der Waals surface area contributed by atoms with Crippen LogP contribution in [0.3, 0.4) is 0 Å². The molecule has 0 fully saturated rings. The Balaban J connectivity index is 1.78. The highest BCUT2D eigenvalue weighted by Gasteiger charge is 2.04. The quantitative estimate of drug-likeness (QED) is 0.797. The van der Waals surface area contributed by atoms with Crippen molar-refractivity contribution in [3.63, 3.8) is 0 Å². The van der Waals surface area contributed by atoms with Crippen LogP contribution in [0.1, 0.15) is 19.5 Å². The van der Waals surface area contributed by atoms with Gasteiger partial charge >= 0.3 is 0 Å². The van der Waals surface area contributed by atoms with Crippen molar-refractivity contribution in [2.75, 3.05) is 5.75 Å². The first-order valence-corrected chi connectivity index (χ1v) is 7.63. The molecule has 2 aromatic rings. The molecule has 4 nitrogen and oxygen atoms in total. The van der Waals surface area contributed by atoms with Gasteiger partial charge < -0.3 is 5.32 Å². The van der Waals surface area contributed by atoms with Crippen LogP contribution in [0.15, 0.2) is 35.4 Å². The average molecular weight is 294 g/mol. The van der Waals surface area contributed by atoms with Crippen LogP contribution in [0.2, 0.25) is 0 Å². The molecule has 0 unspecified atom stereocenters. The number of thioether (sulfide) groups is 1. The van der Waals surface area contributed by atoms with Crippen LogP contribution in [0.5, 0.6) is 0 Å². The second kappa shape index (κ2) is 7.40. The van der Waals surface area contributed by atoms with Gasteiger partial charge in [0, 0.05) is 29.4 Å². The summed E-state index contributed by atoms with van der Waals surface area (Å²) in [5.41, 5.74) is 0.926. The molecule has 0 atom stereocenters. The Labute approximate surface area is 122 Å². The van der Waals surface area contributed by atoms with Crippen LogP contribution < -0.4 is 5.32 Å². The third kappa shape index (κ3) is 4.61. The lowest BCUT2D eigenvalue weighted by molar-refractivity contribution is 0.580. The highest BCUT2D eigenvalue weighted by molar-refractivity contribution is 7.99. The SMILES string of the molecule is CC(C)NCc1cn(CCSc2ccccc2F)nn1. The van der Waals surface area contributed by atoms with Gasteiger partial charge in [0.15, 0.2) is 0 Å². The van der Waals surface area contributed by atoms with Crippen molar-refractivity contribution in [2.45, 2.75) is 37.9 Å². The fourth-order valence-corrected chi connectivity index (χ4v) is 2.53. The largest absolute Gasteiger partial charge is 0.309 e. The monoisotopic (exact) mass is 294 g/mol. The lowest BCUT2D eigenvalue weighted by Gasteiger charge is -2.04. The van der Waals surface area contributed by atoms with Crippen molar-refractivity contribution < 1.29 is 4.39 Å². The van der Waals surface area contributed by atoms with Crippen molar-refractivity contribution >= 4 is 11.8 Å². The molecule has 108 valence electrons. The van der Waals surface area contributed by atoms with Crippen molar-refractivity contribution in [2.24, 2.45) is 0 Å². The summed E-state index contributed by atoms with van der Waals surface area (Å²) < 4.78 is 15.2. The number of hydrogen-bond acceptors (Lipinski definition) is 4. The minimum absolute atomic E-state index is 0.169. The topological polar surface area (TPSA) is 42.7 Å². The summed E-state index contributed by atoms with van der Waals surface area (Å²) in [4.78, 5) is 0.675. The van der Waals surface area contributed by atoms with Gasteiger partial charge in [0.05, 0.1) is 12.2 Å². The van der Waals surface area contributed by atoms with Crippen molar-refractivity contribution in [1.29, 1.82) is 0 Å². The van der Waals surface area contributed by atoms with E-state index in [4.69, 9.17) is 0 Å². The summed E-state index contributed by atoms with van der Waals surface area (Å²) in [6.45, 7) is 5.62. The maximum atomic E-state index is 13.4. The Morgan fingerprint density at radius 2 is 2.15 bits per heavy atom. The van der Waals surface area contributed by atoms with Gasteiger partial charge in [-0.05, 0) is 12.1 Å². The molecule has 0 amide bonds. The number of aryl methyl sites for hydroxylation is 1. The fraction of sp³-hybridized carbons (Fsp3) is 0.429. The van der Waals surface area contributed by atoms with E-state index in [0.29, 0.717) is 17.5 Å². The van der Waals surface area contributed by atoms with Crippen LogP contribution in [0.4, 0.5) is 4.39 Å². The second-order valence-corrected chi connectivity index (χ2v) is 5.92. The van der Waals surface area contributed by atoms with Gasteiger partial charge in [0.1, 0.15) is 5.82 Å². The molecule has 0 radical (unpaired) electrons. The molecule has 20 heavy (non-hydrogen) atoms. The van der Waals surface area contributed by atoms with Crippen molar-refractivity contribution in [3.8, 4) is 0 Å². The molecule has 0 spiro atoms. The van der Waals surface area contributed by atoms with Gasteiger partial charge in [0.2, 0.25) is 0 Å². The molecule has 0 aliphatic rings. The summed E-state index contributed by atoms with van der Waals surface area (Å²) in [6, 6.07) is 7.24. The summed E-state index contributed by atoms with van der Waals surface area (Å²) in [5.74, 6) is 0.597. The van der Waals surface area contributed by atoms with Gasteiger partial charge in [-0.2, -0.15) is 0 Å². The first-order chi connectivity index (χ1) is 9.65. The predicted molar refractivity (Wildman–Crippen MR) is 79.1 cm³/mol. The minimum Gasteiger partial charge on any atom is -0.309 e. The van der Waals surface area contributed by atoms with E-state index in [1.165, 1.54) is 17.8 Å². The molecule has 1 aromatic heterocycles. The first-order valence-electron chi connectivity index (χ1n) is 6.65. The Morgan fingerprint density at radius 3 is 2.90 bits per heavy atom. The van der Waals surface area contributed by atoms with Gasteiger partial charge in [0.25, 0.3) is 0 Å². The maximum absolute atomic E-state index is 13.4. The zero-order valence-corrected chi connectivity index (χ0v) is 12.5. The first kappa shape index (κ1) is 15.0. The Hall–Kier alpha value is -1.40. The van der Waals surface area contributed by atoms with E-state index in [2.05, 4.69) is 29.5 Å². The molecular weight excluding hydrogens is 275 g/mol. The zero-order valence-electron chi connectivity index (χ0n) is 11.7. The van der Waals surface area contributed by atoms with Crippen LogP contribution >= 0.6 is 11.8 Å². The summed E-state index contributed by atoms with van der Waals surface area (Å²) in [6.07, 6.45) is 1.93. The maximum Gasteiger partial charge on any atom is 0.136 e. The number of aromatic nitrogens is 3. The van der Waals surface area contributed by atoms with Gasteiger partial charge in [-0.15, -0.1) is 16.9 Å². The number of rotatable bonds is 7. The molecule has 2 rings (SSSR count). The molecule has 6 heteroatoms. The lowest BCUT2D eigenvalue weighted by atomic mass is 10.3. The molecule has 1 aromatic carbocycles. The number of halogens is 1. The Bertz CT molecular complexity index is 541. The van der Waals surface area contributed by atoms with E-state index in [-0.39, 0.29) is 5.82 Å². The van der Waals surface area contributed by atoms with Crippen LogP contribution in [0, 0.1) is 5.82 Å². The Kier molecular flexibility index (Phi) is 5.55. The molecule has 1 heterocycles. The van der Waals surface area contributed by atoms with E-state index in [9.17, 15) is 4.39 Å². The summed E-state index contributed by atoms with van der Waals surface area (Å²) >= 11 is 1.49. The van der Waals surface area contributed by atoms with Gasteiger partial charge in [-0.3, -0.25) is 4.68 Å². The highest BCUT2D eigenvalue weighted by Crippen LogP contribution is 2.21. The van der Waals surface area contributed by atoms with Crippen LogP contribution in [-0.2, 0) is 13.1 Å². The summed E-state index contributed by atoms with van der Waals surface area (Å²) in [7, 11) is 0. The van der Waals surface area contributed by atoms with Crippen molar-refractivity contribution in [3.05, 3.63) is 42.0 Å². The van der Waals surface area contributed by atoms with Gasteiger partial charge in [-0.25, -0.2) is 4.39 Å². The molecular formula is C14H19FN4S. The number of benzene rings is 1. The third-order valence-electron chi connectivity index (χ3n) is 2.69. The lowest BCUT2D eigenvalue weighted by Crippen LogP contribution is -2.21. The zero-order chi connectivity index (χ0) is 14.4. The van der Waals surface area contributed by atoms with E-state index < -0.39 is 0 Å². The predicted octanol–water partition coefficient (Wildman–Crippen LogP) is 2.71. The number of hydrogen-bond donors (Lipinski definition) is 1. The fourth-order valence-electron chi connectivity index (χ4n) is 1.65.